The molecule has 35 heavy (non-hydrogen) atoms. The molecule has 2 aliphatic carbocycles. The Kier molecular flexibility index (Phi) is 6.26. The molecule has 0 spiro atoms. The van der Waals surface area contributed by atoms with E-state index in [1.54, 1.807) is 4.90 Å². The van der Waals surface area contributed by atoms with Gasteiger partial charge in [0.1, 0.15) is 6.61 Å². The highest BCUT2D eigenvalue weighted by Gasteiger charge is 2.48. The summed E-state index contributed by atoms with van der Waals surface area (Å²) in [6.45, 7) is 3.10. The Morgan fingerprint density at radius 3 is 2.29 bits per heavy atom. The van der Waals surface area contributed by atoms with E-state index in [-0.39, 0.29) is 36.8 Å². The molecule has 0 aromatic heterocycles. The summed E-state index contributed by atoms with van der Waals surface area (Å²) in [5, 5.41) is 12.0. The first-order valence-corrected chi connectivity index (χ1v) is 12.5. The van der Waals surface area contributed by atoms with Gasteiger partial charge in [0.2, 0.25) is 5.91 Å². The number of rotatable bonds is 6. The normalized spacial score (nSPS) is 23.7. The molecule has 1 saturated carbocycles. The number of nitrogens with zero attached hydrogens (tertiary/aromatic N) is 1. The number of carbonyl (C=O) groups excluding carboxylic acids is 2. The van der Waals surface area contributed by atoms with Crippen LogP contribution < -0.4 is 5.32 Å². The van der Waals surface area contributed by atoms with Crippen LogP contribution in [0.1, 0.15) is 56.1 Å². The van der Waals surface area contributed by atoms with Crippen molar-refractivity contribution >= 4 is 18.0 Å². The van der Waals surface area contributed by atoms with Gasteiger partial charge in [-0.3, -0.25) is 9.59 Å². The van der Waals surface area contributed by atoms with Gasteiger partial charge in [0.05, 0.1) is 11.8 Å². The zero-order chi connectivity index (χ0) is 24.6. The Hall–Kier alpha value is -3.35. The molecule has 2 aromatic carbocycles. The second-order valence-electron chi connectivity index (χ2n) is 10.4. The number of hydrogen-bond donors (Lipinski definition) is 2. The van der Waals surface area contributed by atoms with Crippen molar-refractivity contribution in [1.29, 1.82) is 0 Å². The van der Waals surface area contributed by atoms with Crippen LogP contribution in [-0.2, 0) is 14.3 Å². The van der Waals surface area contributed by atoms with E-state index in [0.717, 1.165) is 30.4 Å². The minimum Gasteiger partial charge on any atom is -0.481 e. The van der Waals surface area contributed by atoms with Crippen LogP contribution in [0, 0.1) is 11.3 Å². The summed E-state index contributed by atoms with van der Waals surface area (Å²) in [4.78, 5) is 38.9. The highest BCUT2D eigenvalue weighted by atomic mass is 16.5. The summed E-state index contributed by atoms with van der Waals surface area (Å²) in [5.41, 5.74) is 3.97. The van der Waals surface area contributed by atoms with E-state index in [0.29, 0.717) is 19.5 Å². The van der Waals surface area contributed by atoms with Gasteiger partial charge >= 0.3 is 12.1 Å². The van der Waals surface area contributed by atoms with Gasteiger partial charge in [-0.1, -0.05) is 61.4 Å². The maximum absolute atomic E-state index is 13.4. The number of fused-ring (bicyclic) bond motifs is 3. The molecule has 3 aliphatic rings. The van der Waals surface area contributed by atoms with Crippen LogP contribution in [0.15, 0.2) is 48.5 Å². The average Bonchev–Trinajstić information content (AvgIpc) is 3.14. The van der Waals surface area contributed by atoms with Gasteiger partial charge in [-0.25, -0.2) is 4.79 Å². The van der Waals surface area contributed by atoms with Gasteiger partial charge in [-0.15, -0.1) is 0 Å². The van der Waals surface area contributed by atoms with Crippen molar-refractivity contribution in [3.63, 3.8) is 0 Å². The van der Waals surface area contributed by atoms with Crippen molar-refractivity contribution in [2.75, 3.05) is 19.7 Å². The van der Waals surface area contributed by atoms with Crippen molar-refractivity contribution in [1.82, 2.24) is 10.2 Å². The fourth-order valence-electron chi connectivity index (χ4n) is 6.08. The van der Waals surface area contributed by atoms with Crippen LogP contribution in [0.2, 0.25) is 0 Å². The first kappa shape index (κ1) is 23.4. The molecule has 7 nitrogen and oxygen atoms in total. The topological polar surface area (TPSA) is 95.9 Å². The van der Waals surface area contributed by atoms with Gasteiger partial charge in [0.15, 0.2) is 0 Å². The van der Waals surface area contributed by atoms with E-state index in [4.69, 9.17) is 9.84 Å². The van der Waals surface area contributed by atoms with E-state index >= 15 is 0 Å². The summed E-state index contributed by atoms with van der Waals surface area (Å²) in [6.07, 6.45) is 2.88. The predicted octanol–water partition coefficient (Wildman–Crippen LogP) is 4.41. The number of hydrogen-bond acceptors (Lipinski definition) is 4. The zero-order valence-electron chi connectivity index (χ0n) is 20.0. The number of alkyl carbamates (subject to hydrolysis) is 1. The molecule has 5 rings (SSSR count). The van der Waals surface area contributed by atoms with E-state index in [1.165, 1.54) is 11.1 Å². The molecule has 184 valence electrons. The molecule has 2 atom stereocenters. The van der Waals surface area contributed by atoms with E-state index < -0.39 is 17.5 Å². The molecule has 2 fully saturated rings. The first-order chi connectivity index (χ1) is 16.9. The molecule has 1 heterocycles. The monoisotopic (exact) mass is 476 g/mol. The number of carboxylic acids is 1. The molecule has 7 heteroatoms. The summed E-state index contributed by atoms with van der Waals surface area (Å²) >= 11 is 0. The Balaban J connectivity index is 1.22. The van der Waals surface area contributed by atoms with Crippen LogP contribution in [0.3, 0.4) is 0 Å². The Bertz CT molecular complexity index is 1100. The number of carbonyl (C=O) groups is 3. The molecule has 2 unspecified atom stereocenters. The smallest absolute Gasteiger partial charge is 0.407 e. The molecule has 2 amide bonds. The van der Waals surface area contributed by atoms with Crippen LogP contribution in [0.5, 0.6) is 0 Å². The van der Waals surface area contributed by atoms with Crippen LogP contribution in [0.25, 0.3) is 11.1 Å². The fraction of sp³-hybridized carbons (Fsp3) is 0.464. The third kappa shape index (κ3) is 4.40. The third-order valence-electron chi connectivity index (χ3n) is 8.04. The highest BCUT2D eigenvalue weighted by Crippen LogP contribution is 2.44. The number of likely N-dealkylation sites (tertiary alicyclic amines) is 1. The lowest BCUT2D eigenvalue weighted by Gasteiger charge is -2.47. The summed E-state index contributed by atoms with van der Waals surface area (Å²) in [5.74, 6) is -0.833. The van der Waals surface area contributed by atoms with Crippen molar-refractivity contribution in [3.05, 3.63) is 59.7 Å². The van der Waals surface area contributed by atoms with Gasteiger partial charge < -0.3 is 20.1 Å². The molecule has 0 bridgehead atoms. The largest absolute Gasteiger partial charge is 0.481 e. The summed E-state index contributed by atoms with van der Waals surface area (Å²) in [6, 6.07) is 16.1. The van der Waals surface area contributed by atoms with E-state index in [2.05, 4.69) is 29.6 Å². The zero-order valence-corrected chi connectivity index (χ0v) is 20.0. The lowest BCUT2D eigenvalue weighted by Crippen LogP contribution is -2.61. The third-order valence-corrected chi connectivity index (χ3v) is 8.04. The second kappa shape index (κ2) is 9.36. The SMILES string of the molecule is CC1(C(=O)N2CC(CC(=O)O)C2)CCCCC1NC(=O)OCC1c2ccccc2-c2ccccc21. The standard InChI is InChI=1S/C28H32N2O5/c1-28(26(33)30-15-18(16-30)14-25(31)32)13-7-6-12-24(28)29-27(34)35-17-23-21-10-4-2-8-19(21)20-9-3-5-11-22(20)23/h2-5,8-11,18,23-24H,6-7,12-17H2,1H3,(H,29,34)(H,31,32). The van der Waals surface area contributed by atoms with Crippen molar-refractivity contribution in [2.45, 2.75) is 51.0 Å². The average molecular weight is 477 g/mol. The van der Waals surface area contributed by atoms with Gasteiger partial charge in [-0.2, -0.15) is 0 Å². The van der Waals surface area contributed by atoms with Crippen molar-refractivity contribution in [2.24, 2.45) is 11.3 Å². The van der Waals surface area contributed by atoms with Crippen molar-refractivity contribution in [3.8, 4) is 11.1 Å². The molecule has 2 N–H and O–H groups in total. The summed E-state index contributed by atoms with van der Waals surface area (Å²) in [7, 11) is 0. The van der Waals surface area contributed by atoms with Gasteiger partial charge in [-0.05, 0) is 42.0 Å². The molecule has 2 aromatic rings. The fourth-order valence-corrected chi connectivity index (χ4v) is 6.08. The van der Waals surface area contributed by atoms with E-state index in [1.807, 2.05) is 31.2 Å². The van der Waals surface area contributed by atoms with Gasteiger partial charge in [0.25, 0.3) is 0 Å². The molecule has 1 aliphatic heterocycles. The molecule has 1 saturated heterocycles. The first-order valence-electron chi connectivity index (χ1n) is 12.5. The number of amides is 2. The predicted molar refractivity (Wildman–Crippen MR) is 131 cm³/mol. The highest BCUT2D eigenvalue weighted by molar-refractivity contribution is 5.85. The Morgan fingerprint density at radius 1 is 1.03 bits per heavy atom. The van der Waals surface area contributed by atoms with Crippen molar-refractivity contribution < 1.29 is 24.2 Å². The Morgan fingerprint density at radius 2 is 1.66 bits per heavy atom. The quantitative estimate of drug-likeness (QED) is 0.644. The molecular formula is C28H32N2O5. The number of carboxylic acid groups (broad SMARTS) is 1. The van der Waals surface area contributed by atoms with E-state index in [9.17, 15) is 14.4 Å². The maximum Gasteiger partial charge on any atom is 0.407 e. The number of ether oxygens (including phenoxy) is 1. The Labute approximate surface area is 205 Å². The minimum atomic E-state index is -0.833. The van der Waals surface area contributed by atoms with Crippen LogP contribution in [-0.4, -0.2) is 53.7 Å². The lowest BCUT2D eigenvalue weighted by atomic mass is 9.70. The second-order valence-corrected chi connectivity index (χ2v) is 10.4. The van der Waals surface area contributed by atoms with Crippen LogP contribution in [0.4, 0.5) is 4.79 Å². The molecular weight excluding hydrogens is 444 g/mol. The minimum absolute atomic E-state index is 0.00258. The number of nitrogens with one attached hydrogen (secondary N) is 1. The van der Waals surface area contributed by atoms with Gasteiger partial charge in [0, 0.05) is 31.0 Å². The lowest BCUT2D eigenvalue weighted by molar-refractivity contribution is -0.154. The summed E-state index contributed by atoms with van der Waals surface area (Å²) < 4.78 is 5.74. The maximum atomic E-state index is 13.4. The van der Waals surface area contributed by atoms with Crippen LogP contribution >= 0.6 is 0 Å². The number of aliphatic carboxylic acids is 1. The number of benzene rings is 2. The molecule has 0 radical (unpaired) electrons.